The van der Waals surface area contributed by atoms with E-state index in [1.807, 2.05) is 40.1 Å². The van der Waals surface area contributed by atoms with Gasteiger partial charge in [-0.3, -0.25) is 19.0 Å². The quantitative estimate of drug-likeness (QED) is 0.153. The van der Waals surface area contributed by atoms with E-state index in [0.717, 1.165) is 53.4 Å². The van der Waals surface area contributed by atoms with Crippen molar-refractivity contribution in [2.24, 2.45) is 0 Å². The Kier molecular flexibility index (Phi) is 9.29. The van der Waals surface area contributed by atoms with Crippen molar-refractivity contribution in [1.29, 1.82) is 0 Å². The van der Waals surface area contributed by atoms with Gasteiger partial charge in [-0.2, -0.15) is 10.2 Å². The lowest BCUT2D eigenvalue weighted by Crippen LogP contribution is -2.40. The number of aromatic amines is 1. The summed E-state index contributed by atoms with van der Waals surface area (Å²) in [6.07, 6.45) is 7.56. The number of nitrogens with one attached hydrogen (secondary N) is 1. The Bertz CT molecular complexity index is 3140. The molecule has 2 fully saturated rings. The van der Waals surface area contributed by atoms with Gasteiger partial charge in [-0.1, -0.05) is 23.4 Å². The summed E-state index contributed by atoms with van der Waals surface area (Å²) >= 11 is 0. The van der Waals surface area contributed by atoms with Gasteiger partial charge in [-0.25, -0.2) is 22.9 Å². The molecule has 1 saturated heterocycles. The number of nitrogens with zero attached hydrogens (tertiary/aromatic N) is 10. The summed E-state index contributed by atoms with van der Waals surface area (Å²) < 4.78 is 49.0. The number of H-pyrrole nitrogens is 1. The molecule has 1 aliphatic carbocycles. The molecule has 1 amide bonds. The number of fused-ring (bicyclic) bond motifs is 3. The van der Waals surface area contributed by atoms with Crippen LogP contribution in [0.15, 0.2) is 70.2 Å². The average molecular weight is 854 g/mol. The van der Waals surface area contributed by atoms with Crippen LogP contribution in [0.2, 0.25) is 0 Å². The molecule has 3 aliphatic rings. The lowest BCUT2D eigenvalue weighted by molar-refractivity contribution is 0.0666. The Morgan fingerprint density at radius 2 is 1.76 bits per heavy atom. The van der Waals surface area contributed by atoms with Crippen molar-refractivity contribution in [3.8, 4) is 22.8 Å². The molecular weight excluding hydrogens is 809 g/mol. The van der Waals surface area contributed by atoms with Crippen LogP contribution in [-0.4, -0.2) is 79.8 Å². The minimum atomic E-state index is -0.640. The summed E-state index contributed by atoms with van der Waals surface area (Å²) in [5.74, 6) is -0.613. The van der Waals surface area contributed by atoms with Crippen molar-refractivity contribution in [3.63, 3.8) is 0 Å². The van der Waals surface area contributed by atoms with Gasteiger partial charge in [0.15, 0.2) is 11.6 Å². The Hall–Kier alpha value is -6.75. The van der Waals surface area contributed by atoms with Gasteiger partial charge in [0.2, 0.25) is 0 Å². The third-order valence-corrected chi connectivity index (χ3v) is 13.2. The minimum Gasteiger partial charge on any atom is -0.381 e. The summed E-state index contributed by atoms with van der Waals surface area (Å²) in [6.45, 7) is 9.45. The van der Waals surface area contributed by atoms with Gasteiger partial charge in [-0.15, -0.1) is 5.10 Å². The predicted octanol–water partition coefficient (Wildman–Crippen LogP) is 7.79. The van der Waals surface area contributed by atoms with Gasteiger partial charge >= 0.3 is 5.76 Å². The molecule has 5 aromatic heterocycles. The van der Waals surface area contributed by atoms with Crippen LogP contribution in [0.5, 0.6) is 0 Å². The zero-order chi connectivity index (χ0) is 43.3. The SMILES string of the molecule is Cc1cc(-n2nc3c(c2-n2cc(-c4ccc5c(cnn5C5CC5)c4F)nn2)[C@H](C)N(C(=O)c2cc4cc(C5CCOCC5)ccc4n2C[C@H](C)c2noc(=O)[nH]2)CC3)cc(C)c1F. The monoisotopic (exact) mass is 853 g/mol. The molecule has 322 valence electrons. The molecule has 2 aliphatic heterocycles. The highest BCUT2D eigenvalue weighted by molar-refractivity contribution is 5.99. The Labute approximate surface area is 359 Å². The Balaban J connectivity index is 1.01. The summed E-state index contributed by atoms with van der Waals surface area (Å²) in [6, 6.07) is 15.2. The number of aryl methyl sites for hydroxylation is 2. The van der Waals surface area contributed by atoms with Gasteiger partial charge < -0.3 is 14.2 Å². The van der Waals surface area contributed by atoms with E-state index in [1.54, 1.807) is 53.8 Å². The predicted molar refractivity (Wildman–Crippen MR) is 228 cm³/mol. The standard InChI is InChI=1S/C46H45F2N11O4/c1-24-17-32(18-25(2)41(24)47)59-44(57-23-36(51-54-57)33-8-10-38-34(42(33)48)21-49-58(38)31-6-7-31)40-27(4)55(14-11-35(40)52-59)45(60)39-20-30-19-29(28-12-15-62-16-13-28)5-9-37(30)56(39)22-26(3)43-50-46(61)63-53-43/h5,8-10,17-21,23,26-28,31H,6-7,11-16,22H2,1-4H3,(H,50,53,61)/t26-,27-/m0/s1. The van der Waals surface area contributed by atoms with Gasteiger partial charge in [0.25, 0.3) is 5.91 Å². The molecule has 0 bridgehead atoms. The van der Waals surface area contributed by atoms with Crippen LogP contribution >= 0.6 is 0 Å². The molecule has 7 heterocycles. The van der Waals surface area contributed by atoms with E-state index in [1.165, 1.54) is 5.56 Å². The second kappa shape index (κ2) is 15.0. The third-order valence-electron chi connectivity index (χ3n) is 13.2. The molecule has 15 nitrogen and oxygen atoms in total. The molecule has 1 N–H and O–H groups in total. The second-order valence-corrected chi connectivity index (χ2v) is 17.4. The van der Waals surface area contributed by atoms with Crippen molar-refractivity contribution >= 4 is 27.7 Å². The fraction of sp³-hybridized carbons (Fsp3) is 0.370. The number of carbonyl (C=O) groups excluding carboxylic acids is 1. The third kappa shape index (κ3) is 6.58. The van der Waals surface area contributed by atoms with Gasteiger partial charge in [-0.05, 0) is 112 Å². The van der Waals surface area contributed by atoms with Crippen molar-refractivity contribution in [2.45, 2.75) is 90.3 Å². The fourth-order valence-corrected chi connectivity index (χ4v) is 9.67. The number of amides is 1. The number of hydrogen-bond acceptors (Lipinski definition) is 9. The average Bonchev–Trinajstić information content (AvgIpc) is 3.74. The van der Waals surface area contributed by atoms with Crippen LogP contribution in [-0.2, 0) is 17.7 Å². The molecule has 63 heavy (non-hydrogen) atoms. The lowest BCUT2D eigenvalue weighted by Gasteiger charge is -2.34. The number of aromatic nitrogens is 10. The van der Waals surface area contributed by atoms with E-state index in [0.29, 0.717) is 89.9 Å². The molecule has 11 rings (SSSR count). The molecule has 3 aromatic carbocycles. The maximum absolute atomic E-state index is 16.3. The number of ether oxygens (including phenoxy) is 1. The van der Waals surface area contributed by atoms with Gasteiger partial charge in [0, 0.05) is 60.7 Å². The maximum atomic E-state index is 16.3. The molecule has 1 saturated carbocycles. The van der Waals surface area contributed by atoms with E-state index in [4.69, 9.17) is 14.4 Å². The van der Waals surface area contributed by atoms with Crippen molar-refractivity contribution < 1.29 is 22.8 Å². The van der Waals surface area contributed by atoms with Crippen LogP contribution < -0.4 is 5.76 Å². The van der Waals surface area contributed by atoms with Gasteiger partial charge in [0.05, 0.1) is 46.8 Å². The number of hydrogen-bond donors (Lipinski definition) is 1. The molecule has 0 spiro atoms. The van der Waals surface area contributed by atoms with E-state index in [2.05, 4.69) is 43.8 Å². The first-order chi connectivity index (χ1) is 30.5. The topological polar surface area (TPSA) is 160 Å². The molecule has 17 heteroatoms. The zero-order valence-electron chi connectivity index (χ0n) is 35.3. The zero-order valence-corrected chi connectivity index (χ0v) is 35.3. The summed E-state index contributed by atoms with van der Waals surface area (Å²) in [5.41, 5.74) is 6.90. The smallest absolute Gasteiger partial charge is 0.381 e. The summed E-state index contributed by atoms with van der Waals surface area (Å²) in [4.78, 5) is 31.6. The first kappa shape index (κ1) is 39.1. The largest absolute Gasteiger partial charge is 0.438 e. The van der Waals surface area contributed by atoms with E-state index in [9.17, 15) is 4.79 Å². The maximum Gasteiger partial charge on any atom is 0.438 e. The molecule has 8 aromatic rings. The van der Waals surface area contributed by atoms with Crippen molar-refractivity contribution in [2.75, 3.05) is 19.8 Å². The highest BCUT2D eigenvalue weighted by Crippen LogP contribution is 2.40. The van der Waals surface area contributed by atoms with Crippen LogP contribution in [0, 0.1) is 25.5 Å². The number of benzene rings is 3. The van der Waals surface area contributed by atoms with Crippen molar-refractivity contribution in [3.05, 3.63) is 123 Å². The van der Waals surface area contributed by atoms with E-state index >= 15 is 13.6 Å². The summed E-state index contributed by atoms with van der Waals surface area (Å²) in [5, 5.41) is 23.9. The molecule has 0 radical (unpaired) electrons. The molecule has 2 atom stereocenters. The van der Waals surface area contributed by atoms with Crippen LogP contribution in [0.3, 0.4) is 0 Å². The number of carbonyl (C=O) groups is 1. The normalized spacial score (nSPS) is 17.6. The highest BCUT2D eigenvalue weighted by atomic mass is 19.1. The highest BCUT2D eigenvalue weighted by Gasteiger charge is 2.37. The van der Waals surface area contributed by atoms with Crippen LogP contribution in [0.25, 0.3) is 44.6 Å². The molecular formula is C46H45F2N11O4. The van der Waals surface area contributed by atoms with Gasteiger partial charge in [0.1, 0.15) is 23.0 Å². The summed E-state index contributed by atoms with van der Waals surface area (Å²) in [7, 11) is 0. The fourth-order valence-electron chi connectivity index (χ4n) is 9.67. The Morgan fingerprint density at radius 1 is 0.984 bits per heavy atom. The number of rotatable bonds is 9. The van der Waals surface area contributed by atoms with Crippen LogP contribution in [0.4, 0.5) is 8.78 Å². The molecule has 0 unspecified atom stereocenters. The van der Waals surface area contributed by atoms with E-state index < -0.39 is 17.6 Å². The first-order valence-electron chi connectivity index (χ1n) is 21.6. The number of halogens is 2. The minimum absolute atomic E-state index is 0.189. The second-order valence-electron chi connectivity index (χ2n) is 17.4. The van der Waals surface area contributed by atoms with Crippen LogP contribution in [0.1, 0.15) is 108 Å². The first-order valence-corrected chi connectivity index (χ1v) is 21.6. The van der Waals surface area contributed by atoms with Crippen molar-refractivity contribution in [1.82, 2.24) is 54.2 Å². The van der Waals surface area contributed by atoms with E-state index in [-0.39, 0.29) is 23.2 Å². The lowest BCUT2D eigenvalue weighted by atomic mass is 9.91. The Morgan fingerprint density at radius 3 is 2.51 bits per heavy atom.